The van der Waals surface area contributed by atoms with Gasteiger partial charge in [0.2, 0.25) is 10.0 Å². The van der Waals surface area contributed by atoms with Crippen molar-refractivity contribution < 1.29 is 8.42 Å². The van der Waals surface area contributed by atoms with Crippen LogP contribution in [-0.4, -0.2) is 56.3 Å². The first-order valence-electron chi connectivity index (χ1n) is 10.1. The number of amidine groups is 1. The number of benzene rings is 1. The maximum absolute atomic E-state index is 13.1. The van der Waals surface area contributed by atoms with Gasteiger partial charge >= 0.3 is 0 Å². The van der Waals surface area contributed by atoms with E-state index in [2.05, 4.69) is 10.6 Å². The van der Waals surface area contributed by atoms with E-state index in [0.717, 1.165) is 37.3 Å². The molecule has 1 aromatic carbocycles. The summed E-state index contributed by atoms with van der Waals surface area (Å²) >= 11 is 0. The Kier molecular flexibility index (Phi) is 5.27. The Labute approximate surface area is 162 Å². The van der Waals surface area contributed by atoms with Gasteiger partial charge in [-0.25, -0.2) is 8.42 Å². The highest BCUT2D eigenvalue weighted by Crippen LogP contribution is 2.30. The summed E-state index contributed by atoms with van der Waals surface area (Å²) in [6.07, 6.45) is 6.51. The van der Waals surface area contributed by atoms with Crippen LogP contribution in [-0.2, 0) is 10.0 Å². The molecule has 2 fully saturated rings. The van der Waals surface area contributed by atoms with Crippen molar-refractivity contribution in [2.75, 3.05) is 26.2 Å². The van der Waals surface area contributed by atoms with Gasteiger partial charge in [0.15, 0.2) is 0 Å². The smallest absolute Gasteiger partial charge is 0.243 e. The first-order valence-corrected chi connectivity index (χ1v) is 11.6. The second-order valence-corrected chi connectivity index (χ2v) is 9.94. The minimum atomic E-state index is -3.44. The van der Waals surface area contributed by atoms with Crippen LogP contribution >= 0.6 is 0 Å². The molecule has 2 aliphatic heterocycles. The van der Waals surface area contributed by atoms with Crippen molar-refractivity contribution in [1.29, 1.82) is 0 Å². The summed E-state index contributed by atoms with van der Waals surface area (Å²) in [5, 5.41) is 7.36. The van der Waals surface area contributed by atoms with Gasteiger partial charge in [0.25, 0.3) is 0 Å². The molecule has 2 heterocycles. The van der Waals surface area contributed by atoms with Crippen molar-refractivity contribution in [3.63, 3.8) is 0 Å². The third-order valence-electron chi connectivity index (χ3n) is 6.28. The van der Waals surface area contributed by atoms with Crippen LogP contribution in [0.3, 0.4) is 0 Å². The van der Waals surface area contributed by atoms with Gasteiger partial charge in [0.05, 0.1) is 17.0 Å². The SMILES string of the molecule is Cc1ccccc1S(=O)(=O)N1CCC2(CC1)NCCN=C2NC1CCCC1. The molecule has 0 amide bonds. The number of aryl methyl sites for hydroxylation is 1. The van der Waals surface area contributed by atoms with Crippen LogP contribution in [0.4, 0.5) is 0 Å². The van der Waals surface area contributed by atoms with E-state index in [4.69, 9.17) is 4.99 Å². The van der Waals surface area contributed by atoms with Crippen molar-refractivity contribution in [1.82, 2.24) is 14.9 Å². The van der Waals surface area contributed by atoms with Gasteiger partial charge in [-0.15, -0.1) is 0 Å². The Bertz CT molecular complexity index is 807. The fraction of sp³-hybridized carbons (Fsp3) is 0.650. The highest BCUT2D eigenvalue weighted by atomic mass is 32.2. The summed E-state index contributed by atoms with van der Waals surface area (Å²) in [5.41, 5.74) is 0.609. The molecule has 1 saturated carbocycles. The standard InChI is InChI=1S/C20H30N4O2S/c1-16-6-2-5-9-18(16)27(25,26)24-14-10-20(11-15-24)19(21-12-13-22-20)23-17-7-3-4-8-17/h2,5-6,9,17,22H,3-4,7-8,10-15H2,1H3,(H,21,23). The monoisotopic (exact) mass is 390 g/mol. The molecule has 0 bridgehead atoms. The molecule has 7 heteroatoms. The zero-order chi connectivity index (χ0) is 18.9. The number of sulfonamides is 1. The lowest BCUT2D eigenvalue weighted by Gasteiger charge is -2.45. The third-order valence-corrected chi connectivity index (χ3v) is 8.34. The van der Waals surface area contributed by atoms with Crippen molar-refractivity contribution in [3.05, 3.63) is 29.8 Å². The average Bonchev–Trinajstić information content (AvgIpc) is 3.18. The van der Waals surface area contributed by atoms with Crippen LogP contribution in [0.1, 0.15) is 44.1 Å². The van der Waals surface area contributed by atoms with Crippen molar-refractivity contribution >= 4 is 15.9 Å². The number of hydrogen-bond donors (Lipinski definition) is 2. The molecule has 1 aromatic rings. The van der Waals surface area contributed by atoms with Gasteiger partial charge in [0.1, 0.15) is 5.84 Å². The van der Waals surface area contributed by atoms with Gasteiger partial charge in [-0.3, -0.25) is 4.99 Å². The summed E-state index contributed by atoms with van der Waals surface area (Å²) < 4.78 is 27.8. The van der Waals surface area contributed by atoms with Crippen LogP contribution in [0, 0.1) is 6.92 Å². The second-order valence-electron chi connectivity index (χ2n) is 8.03. The molecular weight excluding hydrogens is 360 g/mol. The topological polar surface area (TPSA) is 73.8 Å². The van der Waals surface area contributed by atoms with E-state index in [1.165, 1.54) is 25.7 Å². The van der Waals surface area contributed by atoms with Crippen LogP contribution in [0.2, 0.25) is 0 Å². The van der Waals surface area contributed by atoms with Gasteiger partial charge in [0, 0.05) is 25.7 Å². The highest BCUT2D eigenvalue weighted by molar-refractivity contribution is 7.89. The predicted molar refractivity (Wildman–Crippen MR) is 108 cm³/mol. The summed E-state index contributed by atoms with van der Waals surface area (Å²) in [7, 11) is -3.44. The molecule has 3 aliphatic rings. The van der Waals surface area contributed by atoms with Gasteiger partial charge in [-0.05, 0) is 44.2 Å². The normalized spacial score (nSPS) is 24.1. The number of hydrogen-bond acceptors (Lipinski definition) is 5. The zero-order valence-corrected chi connectivity index (χ0v) is 16.9. The minimum absolute atomic E-state index is 0.196. The van der Waals surface area contributed by atoms with Crippen LogP contribution < -0.4 is 10.6 Å². The van der Waals surface area contributed by atoms with E-state index in [1.807, 2.05) is 19.1 Å². The third kappa shape index (κ3) is 3.65. The fourth-order valence-corrected chi connectivity index (χ4v) is 6.32. The highest BCUT2D eigenvalue weighted by Gasteiger charge is 2.43. The molecule has 0 unspecified atom stereocenters. The van der Waals surface area contributed by atoms with Crippen LogP contribution in [0.25, 0.3) is 0 Å². The van der Waals surface area contributed by atoms with E-state index in [0.29, 0.717) is 24.0 Å². The quantitative estimate of drug-likeness (QED) is 0.828. The Morgan fingerprint density at radius 2 is 1.89 bits per heavy atom. The van der Waals surface area contributed by atoms with E-state index < -0.39 is 10.0 Å². The summed E-state index contributed by atoms with van der Waals surface area (Å²) in [5.74, 6) is 1.06. The maximum Gasteiger partial charge on any atom is 0.243 e. The lowest BCUT2D eigenvalue weighted by atomic mass is 9.85. The van der Waals surface area contributed by atoms with Crippen molar-refractivity contribution in [2.24, 2.45) is 4.99 Å². The molecule has 27 heavy (non-hydrogen) atoms. The molecule has 1 aliphatic carbocycles. The van der Waals surface area contributed by atoms with Crippen molar-refractivity contribution in [3.8, 4) is 0 Å². The van der Waals surface area contributed by atoms with Gasteiger partial charge in [-0.1, -0.05) is 31.0 Å². The average molecular weight is 391 g/mol. The largest absolute Gasteiger partial charge is 0.370 e. The summed E-state index contributed by atoms with van der Waals surface area (Å²) in [6, 6.07) is 7.77. The summed E-state index contributed by atoms with van der Waals surface area (Å²) in [6.45, 7) is 4.56. The Morgan fingerprint density at radius 1 is 1.19 bits per heavy atom. The van der Waals surface area contributed by atoms with E-state index in [-0.39, 0.29) is 5.54 Å². The number of rotatable bonds is 3. The molecule has 1 saturated heterocycles. The molecule has 1 spiro atoms. The van der Waals surface area contributed by atoms with Crippen LogP contribution in [0.15, 0.2) is 34.2 Å². The summed E-state index contributed by atoms with van der Waals surface area (Å²) in [4.78, 5) is 5.23. The van der Waals surface area contributed by atoms with Gasteiger partial charge < -0.3 is 10.6 Å². The maximum atomic E-state index is 13.1. The molecule has 4 rings (SSSR count). The molecule has 2 N–H and O–H groups in total. The lowest BCUT2D eigenvalue weighted by Crippen LogP contribution is -2.65. The number of piperidine rings is 1. The molecule has 0 atom stereocenters. The molecular formula is C20H30N4O2S. The molecule has 0 radical (unpaired) electrons. The predicted octanol–water partition coefficient (Wildman–Crippen LogP) is 2.05. The zero-order valence-electron chi connectivity index (χ0n) is 16.1. The van der Waals surface area contributed by atoms with E-state index >= 15 is 0 Å². The lowest BCUT2D eigenvalue weighted by molar-refractivity contribution is 0.240. The fourth-order valence-electron chi connectivity index (χ4n) is 4.65. The minimum Gasteiger partial charge on any atom is -0.370 e. The molecule has 6 nitrogen and oxygen atoms in total. The number of nitrogens with one attached hydrogen (secondary N) is 2. The van der Waals surface area contributed by atoms with Gasteiger partial charge in [-0.2, -0.15) is 4.31 Å². The Hall–Kier alpha value is -1.44. The van der Waals surface area contributed by atoms with Crippen LogP contribution in [0.5, 0.6) is 0 Å². The Morgan fingerprint density at radius 3 is 2.59 bits per heavy atom. The number of aliphatic imine (C=N–C) groups is 1. The van der Waals surface area contributed by atoms with Crippen molar-refractivity contribution in [2.45, 2.75) is 61.9 Å². The molecule has 0 aromatic heterocycles. The van der Waals surface area contributed by atoms with E-state index in [9.17, 15) is 8.42 Å². The second kappa shape index (κ2) is 7.53. The number of nitrogens with zero attached hydrogens (tertiary/aromatic N) is 2. The Balaban J connectivity index is 1.49. The first-order chi connectivity index (χ1) is 13.0. The molecule has 148 valence electrons. The first kappa shape index (κ1) is 18.9. The van der Waals surface area contributed by atoms with E-state index in [1.54, 1.807) is 16.4 Å².